The van der Waals surface area contributed by atoms with E-state index >= 15 is 0 Å². The summed E-state index contributed by atoms with van der Waals surface area (Å²) in [7, 11) is -3.66. The van der Waals surface area contributed by atoms with Crippen LogP contribution in [-0.4, -0.2) is 25.7 Å². The minimum absolute atomic E-state index is 0.0485. The predicted molar refractivity (Wildman–Crippen MR) is 61.2 cm³/mol. The van der Waals surface area contributed by atoms with E-state index in [2.05, 4.69) is 0 Å². The number of rotatable bonds is 3. The van der Waals surface area contributed by atoms with Crippen LogP contribution in [0.4, 0.5) is 0 Å². The molecule has 0 aromatic heterocycles. The van der Waals surface area contributed by atoms with Gasteiger partial charge in [-0.25, -0.2) is 13.2 Å². The van der Waals surface area contributed by atoms with E-state index in [1.165, 1.54) is 31.2 Å². The fourth-order valence-electron chi connectivity index (χ4n) is 1.31. The van der Waals surface area contributed by atoms with Gasteiger partial charge >= 0.3 is 5.97 Å². The molecule has 0 fully saturated rings. The van der Waals surface area contributed by atoms with Crippen LogP contribution in [-0.2, 0) is 14.6 Å². The van der Waals surface area contributed by atoms with E-state index in [9.17, 15) is 13.2 Å². The molecule has 1 atom stereocenters. The average molecular weight is 253 g/mol. The summed E-state index contributed by atoms with van der Waals surface area (Å²) in [6.45, 7) is 1.25. The third-order valence-electron chi connectivity index (χ3n) is 2.62. The number of carboxylic acids is 1. The number of hydrogen-bond donors (Lipinski definition) is 1. The summed E-state index contributed by atoms with van der Waals surface area (Å²) in [6, 6.07) is 7.10. The number of nitriles is 1. The molecule has 1 aromatic rings. The molecule has 1 rings (SSSR count). The van der Waals surface area contributed by atoms with Crippen LogP contribution in [0.5, 0.6) is 0 Å². The van der Waals surface area contributed by atoms with Crippen molar-refractivity contribution < 1.29 is 18.3 Å². The van der Waals surface area contributed by atoms with Gasteiger partial charge in [0.05, 0.1) is 11.6 Å². The lowest BCUT2D eigenvalue weighted by Crippen LogP contribution is -2.30. The molecule has 1 aromatic carbocycles. The van der Waals surface area contributed by atoms with Gasteiger partial charge in [-0.15, -0.1) is 0 Å². The zero-order valence-electron chi connectivity index (χ0n) is 9.34. The van der Waals surface area contributed by atoms with Crippen molar-refractivity contribution in [1.29, 1.82) is 5.26 Å². The summed E-state index contributed by atoms with van der Waals surface area (Å²) in [4.78, 5) is 10.8. The van der Waals surface area contributed by atoms with E-state index < -0.39 is 20.6 Å². The lowest BCUT2D eigenvalue weighted by molar-refractivity contribution is 0.0696. The second-order valence-electron chi connectivity index (χ2n) is 3.80. The molecule has 0 spiro atoms. The molecule has 6 heteroatoms. The quantitative estimate of drug-likeness (QED) is 0.872. The highest BCUT2D eigenvalue weighted by atomic mass is 32.2. The van der Waals surface area contributed by atoms with Gasteiger partial charge in [-0.05, 0) is 24.6 Å². The van der Waals surface area contributed by atoms with Crippen molar-refractivity contribution in [3.63, 3.8) is 0 Å². The van der Waals surface area contributed by atoms with Gasteiger partial charge in [0.2, 0.25) is 0 Å². The van der Waals surface area contributed by atoms with Gasteiger partial charge in [0.1, 0.15) is 0 Å². The molecule has 90 valence electrons. The Morgan fingerprint density at radius 1 is 1.47 bits per heavy atom. The molecule has 0 aliphatic rings. The van der Waals surface area contributed by atoms with Crippen LogP contribution < -0.4 is 0 Å². The van der Waals surface area contributed by atoms with Crippen molar-refractivity contribution in [3.8, 4) is 6.07 Å². The molecule has 0 saturated heterocycles. The highest BCUT2D eigenvalue weighted by Gasteiger charge is 2.38. The molecular weight excluding hydrogens is 242 g/mol. The molecule has 5 nitrogen and oxygen atoms in total. The molecule has 1 N–H and O–H groups in total. The van der Waals surface area contributed by atoms with E-state index in [4.69, 9.17) is 10.4 Å². The minimum Gasteiger partial charge on any atom is -0.478 e. The molecule has 0 aliphatic carbocycles. The average Bonchev–Trinajstić information content (AvgIpc) is 2.26. The van der Waals surface area contributed by atoms with E-state index in [1.54, 1.807) is 6.07 Å². The van der Waals surface area contributed by atoms with Crippen molar-refractivity contribution in [2.45, 2.75) is 11.7 Å². The zero-order chi connectivity index (χ0) is 13.3. The molecule has 1 unspecified atom stereocenters. The standard InChI is InChI=1S/C11H11NO4S/c1-11(7-12,17(2,15)16)9-5-3-4-8(6-9)10(13)14/h3-6H,1-2H3,(H,13,14). The lowest BCUT2D eigenvalue weighted by Gasteiger charge is -2.20. The third-order valence-corrected chi connectivity index (χ3v) is 4.43. The smallest absolute Gasteiger partial charge is 0.335 e. The molecule has 0 saturated carbocycles. The first-order chi connectivity index (χ1) is 7.72. The summed E-state index contributed by atoms with van der Waals surface area (Å²) >= 11 is 0. The van der Waals surface area contributed by atoms with Crippen molar-refractivity contribution in [2.75, 3.05) is 6.26 Å². The van der Waals surface area contributed by atoms with Crippen molar-refractivity contribution in [1.82, 2.24) is 0 Å². The number of hydrogen-bond acceptors (Lipinski definition) is 4. The summed E-state index contributed by atoms with van der Waals surface area (Å²) in [5.74, 6) is -1.17. The van der Waals surface area contributed by atoms with E-state index in [0.717, 1.165) is 6.26 Å². The molecular formula is C11H11NO4S. The molecule has 0 amide bonds. The topological polar surface area (TPSA) is 95.2 Å². The second kappa shape index (κ2) is 4.18. The fraction of sp³-hybridized carbons (Fsp3) is 0.273. The number of carbonyl (C=O) groups is 1. The maximum Gasteiger partial charge on any atom is 0.335 e. The Kier molecular flexibility index (Phi) is 3.25. The largest absolute Gasteiger partial charge is 0.478 e. The predicted octanol–water partition coefficient (Wildman–Crippen LogP) is 1.17. The van der Waals surface area contributed by atoms with E-state index in [-0.39, 0.29) is 11.1 Å². The van der Waals surface area contributed by atoms with Crippen molar-refractivity contribution >= 4 is 15.8 Å². The normalized spacial score (nSPS) is 14.6. The minimum atomic E-state index is -3.66. The molecule has 0 radical (unpaired) electrons. The van der Waals surface area contributed by atoms with Crippen LogP contribution in [0.2, 0.25) is 0 Å². The maximum atomic E-state index is 11.6. The Balaban J connectivity index is 3.48. The van der Waals surface area contributed by atoms with Gasteiger partial charge in [0.15, 0.2) is 14.6 Å². The number of sulfone groups is 1. The van der Waals surface area contributed by atoms with Crippen LogP contribution in [0.3, 0.4) is 0 Å². The Morgan fingerprint density at radius 3 is 2.47 bits per heavy atom. The third kappa shape index (κ3) is 2.29. The highest BCUT2D eigenvalue weighted by molar-refractivity contribution is 7.91. The monoisotopic (exact) mass is 253 g/mol. The van der Waals surface area contributed by atoms with Gasteiger partial charge in [0.25, 0.3) is 0 Å². The fourth-order valence-corrected chi connectivity index (χ4v) is 2.03. The van der Waals surface area contributed by atoms with Crippen LogP contribution in [0.15, 0.2) is 24.3 Å². The van der Waals surface area contributed by atoms with Crippen LogP contribution in [0.25, 0.3) is 0 Å². The summed E-state index contributed by atoms with van der Waals surface area (Å²) in [5, 5.41) is 17.8. The highest BCUT2D eigenvalue weighted by Crippen LogP contribution is 2.29. The number of aromatic carboxylic acids is 1. The summed E-state index contributed by atoms with van der Waals surface area (Å²) in [5.41, 5.74) is 0.107. The van der Waals surface area contributed by atoms with Gasteiger partial charge in [-0.3, -0.25) is 0 Å². The van der Waals surface area contributed by atoms with Crippen LogP contribution in [0.1, 0.15) is 22.8 Å². The first-order valence-corrected chi connectivity index (χ1v) is 6.56. The first kappa shape index (κ1) is 13.2. The Hall–Kier alpha value is -1.87. The second-order valence-corrected chi connectivity index (χ2v) is 6.16. The summed E-state index contributed by atoms with van der Waals surface area (Å²) < 4.78 is 21.5. The van der Waals surface area contributed by atoms with E-state index in [0.29, 0.717) is 0 Å². The number of carboxylic acid groups (broad SMARTS) is 1. The SMILES string of the molecule is CC(C#N)(c1cccc(C(=O)O)c1)S(C)(=O)=O. The maximum absolute atomic E-state index is 11.6. The molecule has 17 heavy (non-hydrogen) atoms. The van der Waals surface area contributed by atoms with E-state index in [1.807, 2.05) is 0 Å². The number of benzene rings is 1. The zero-order valence-corrected chi connectivity index (χ0v) is 10.2. The number of nitrogens with zero attached hydrogens (tertiary/aromatic N) is 1. The Bertz CT molecular complexity index is 600. The first-order valence-electron chi connectivity index (χ1n) is 4.67. The van der Waals surface area contributed by atoms with Gasteiger partial charge < -0.3 is 5.11 Å². The Morgan fingerprint density at radius 2 is 2.06 bits per heavy atom. The van der Waals surface area contributed by atoms with Crippen molar-refractivity contribution in [2.24, 2.45) is 0 Å². The molecule has 0 heterocycles. The molecule has 0 bridgehead atoms. The summed E-state index contributed by atoms with van der Waals surface area (Å²) in [6.07, 6.45) is 0.948. The van der Waals surface area contributed by atoms with Gasteiger partial charge in [-0.1, -0.05) is 12.1 Å². The van der Waals surface area contributed by atoms with Gasteiger partial charge in [-0.2, -0.15) is 5.26 Å². The van der Waals surface area contributed by atoms with Crippen LogP contribution in [0, 0.1) is 11.3 Å². The van der Waals surface area contributed by atoms with Crippen LogP contribution >= 0.6 is 0 Å². The van der Waals surface area contributed by atoms with Crippen molar-refractivity contribution in [3.05, 3.63) is 35.4 Å². The lowest BCUT2D eigenvalue weighted by atomic mass is 9.99. The Labute approximate surface area is 99.2 Å². The molecule has 0 aliphatic heterocycles. The van der Waals surface area contributed by atoms with Gasteiger partial charge in [0, 0.05) is 6.26 Å².